The maximum Gasteiger partial charge on any atom is 0.416 e. The average Bonchev–Trinajstić information content (AvgIpc) is 2.34. The van der Waals surface area contributed by atoms with E-state index >= 15 is 0 Å². The Bertz CT molecular complexity index is 515. The van der Waals surface area contributed by atoms with E-state index in [-0.39, 0.29) is 18.2 Å². The van der Waals surface area contributed by atoms with E-state index < -0.39 is 40.7 Å². The number of methoxy groups -OCH3 is 1. The van der Waals surface area contributed by atoms with Crippen molar-refractivity contribution in [2.75, 3.05) is 7.11 Å². The van der Waals surface area contributed by atoms with Crippen molar-refractivity contribution in [1.29, 1.82) is 5.41 Å². The molecule has 0 saturated heterocycles. The third-order valence-corrected chi connectivity index (χ3v) is 2.27. The van der Waals surface area contributed by atoms with Crippen molar-refractivity contribution in [1.82, 2.24) is 0 Å². The molecule has 0 atom stereocenters. The predicted molar refractivity (Wildman–Crippen MR) is 55.3 cm³/mol. The second-order valence-electron chi connectivity index (χ2n) is 3.66. The first-order valence-corrected chi connectivity index (χ1v) is 4.93. The molecule has 1 aromatic rings. The molecule has 9 heteroatoms. The van der Waals surface area contributed by atoms with Gasteiger partial charge in [-0.1, -0.05) is 0 Å². The van der Waals surface area contributed by atoms with Crippen molar-refractivity contribution < 1.29 is 35.9 Å². The summed E-state index contributed by atoms with van der Waals surface area (Å²) in [6.45, 7) is 0. The van der Waals surface area contributed by atoms with Gasteiger partial charge in [-0.25, -0.2) is 4.79 Å². The molecule has 0 fully saturated rings. The molecule has 0 bridgehead atoms. The normalized spacial score (nSPS) is 12.2. The molecule has 20 heavy (non-hydrogen) atoms. The van der Waals surface area contributed by atoms with E-state index in [1.54, 1.807) is 0 Å². The third kappa shape index (κ3) is 3.49. The van der Waals surface area contributed by atoms with Crippen LogP contribution in [0.1, 0.15) is 16.7 Å². The Balaban J connectivity index is 3.46. The van der Waals surface area contributed by atoms with E-state index in [1.165, 1.54) is 0 Å². The fraction of sp³-hybridized carbons (Fsp3) is 0.273. The highest BCUT2D eigenvalue weighted by Crippen LogP contribution is 2.36. The lowest BCUT2D eigenvalue weighted by molar-refractivity contribution is -0.143. The Hall–Kier alpha value is -2.06. The zero-order valence-corrected chi connectivity index (χ0v) is 9.82. The molecule has 0 aromatic heterocycles. The minimum Gasteiger partial charge on any atom is -0.464 e. The van der Waals surface area contributed by atoms with Gasteiger partial charge in [-0.05, 0) is 18.2 Å². The monoisotopic (exact) mass is 299 g/mol. The van der Waals surface area contributed by atoms with Gasteiger partial charge in [0.25, 0.3) is 0 Å². The van der Waals surface area contributed by atoms with Gasteiger partial charge >= 0.3 is 18.3 Å². The Morgan fingerprint density at radius 3 is 1.70 bits per heavy atom. The number of hydrogen-bond acceptors (Lipinski definition) is 3. The standard InChI is InChI=1S/C11H7F6NO2/c1-20-9(19)8(18)5-2-6(10(12,13)14)4-7(3-5)11(15,16)17/h2-4,18H,1H3. The number of carbonyl (C=O) groups is 1. The van der Waals surface area contributed by atoms with Gasteiger partial charge in [-0.15, -0.1) is 0 Å². The lowest BCUT2D eigenvalue weighted by atomic mass is 10.0. The first-order valence-electron chi connectivity index (χ1n) is 4.93. The highest BCUT2D eigenvalue weighted by atomic mass is 19.4. The minimum atomic E-state index is -5.04. The van der Waals surface area contributed by atoms with Gasteiger partial charge < -0.3 is 4.74 Å². The van der Waals surface area contributed by atoms with Crippen LogP contribution in [0.25, 0.3) is 0 Å². The van der Waals surface area contributed by atoms with E-state index in [1.807, 2.05) is 0 Å². The summed E-state index contributed by atoms with van der Waals surface area (Å²) in [5.74, 6) is -1.34. The molecule has 1 aromatic carbocycles. The molecule has 0 radical (unpaired) electrons. The van der Waals surface area contributed by atoms with Crippen molar-refractivity contribution in [3.63, 3.8) is 0 Å². The number of esters is 1. The Labute approximate surface area is 108 Å². The summed E-state index contributed by atoms with van der Waals surface area (Å²) in [5, 5.41) is 7.23. The number of carbonyl (C=O) groups excluding carboxylic acids is 1. The van der Waals surface area contributed by atoms with E-state index in [2.05, 4.69) is 4.74 Å². The maximum absolute atomic E-state index is 12.5. The highest BCUT2D eigenvalue weighted by Gasteiger charge is 2.37. The van der Waals surface area contributed by atoms with E-state index in [9.17, 15) is 31.1 Å². The minimum absolute atomic E-state index is 0.0892. The number of halogens is 6. The summed E-state index contributed by atoms with van der Waals surface area (Å²) in [6.07, 6.45) is -10.1. The summed E-state index contributed by atoms with van der Waals surface area (Å²) in [7, 11) is 0.856. The molecule has 0 aliphatic heterocycles. The SMILES string of the molecule is COC(=O)C(=N)c1cc(C(F)(F)F)cc(C(F)(F)F)c1. The van der Waals surface area contributed by atoms with Crippen LogP contribution >= 0.6 is 0 Å². The van der Waals surface area contributed by atoms with Gasteiger partial charge in [0, 0.05) is 5.56 Å². The van der Waals surface area contributed by atoms with Crippen molar-refractivity contribution in [2.24, 2.45) is 0 Å². The van der Waals surface area contributed by atoms with Crippen LogP contribution in [-0.2, 0) is 21.9 Å². The van der Waals surface area contributed by atoms with Crippen LogP contribution in [0.15, 0.2) is 18.2 Å². The highest BCUT2D eigenvalue weighted by molar-refractivity contribution is 6.41. The Morgan fingerprint density at radius 1 is 1.00 bits per heavy atom. The van der Waals surface area contributed by atoms with Crippen molar-refractivity contribution in [2.45, 2.75) is 12.4 Å². The molecular weight excluding hydrogens is 292 g/mol. The quantitative estimate of drug-likeness (QED) is 0.517. The first-order chi connectivity index (χ1) is 8.96. The van der Waals surface area contributed by atoms with Gasteiger partial charge in [0.15, 0.2) is 0 Å². The zero-order chi connectivity index (χ0) is 15.7. The molecule has 110 valence electrons. The molecule has 0 unspecified atom stereocenters. The van der Waals surface area contributed by atoms with Gasteiger partial charge in [0.2, 0.25) is 0 Å². The molecule has 0 aliphatic carbocycles. The lowest BCUT2D eigenvalue weighted by Crippen LogP contribution is -2.19. The molecule has 0 saturated carbocycles. The molecule has 0 spiro atoms. The number of rotatable bonds is 2. The van der Waals surface area contributed by atoms with Gasteiger partial charge in [-0.3, -0.25) is 5.41 Å². The summed E-state index contributed by atoms with van der Waals surface area (Å²) < 4.78 is 79.3. The summed E-state index contributed by atoms with van der Waals surface area (Å²) in [5.41, 5.74) is -5.12. The van der Waals surface area contributed by atoms with Crippen LogP contribution < -0.4 is 0 Å². The van der Waals surface area contributed by atoms with Crippen molar-refractivity contribution >= 4 is 11.7 Å². The third-order valence-electron chi connectivity index (χ3n) is 2.27. The summed E-state index contributed by atoms with van der Waals surface area (Å²) in [4.78, 5) is 11.0. The predicted octanol–water partition coefficient (Wildman–Crippen LogP) is 3.27. The molecule has 0 amide bonds. The molecular formula is C11H7F6NO2. The average molecular weight is 299 g/mol. The van der Waals surface area contributed by atoms with Crippen molar-refractivity contribution in [3.8, 4) is 0 Å². The number of ether oxygens (including phenoxy) is 1. The number of benzene rings is 1. The number of alkyl halides is 6. The van der Waals surface area contributed by atoms with Crippen LogP contribution in [0.3, 0.4) is 0 Å². The Morgan fingerprint density at radius 2 is 1.40 bits per heavy atom. The molecule has 0 aliphatic rings. The fourth-order valence-corrected chi connectivity index (χ4v) is 1.32. The van der Waals surface area contributed by atoms with Crippen molar-refractivity contribution in [3.05, 3.63) is 34.9 Å². The smallest absolute Gasteiger partial charge is 0.416 e. The van der Waals surface area contributed by atoms with E-state index in [4.69, 9.17) is 5.41 Å². The van der Waals surface area contributed by atoms with Crippen LogP contribution in [-0.4, -0.2) is 18.8 Å². The Kier molecular flexibility index (Phi) is 4.11. The lowest BCUT2D eigenvalue weighted by Gasteiger charge is -2.14. The topological polar surface area (TPSA) is 50.2 Å². The van der Waals surface area contributed by atoms with Gasteiger partial charge in [0.05, 0.1) is 18.2 Å². The molecule has 0 heterocycles. The first kappa shape index (κ1) is 16.0. The fourth-order valence-electron chi connectivity index (χ4n) is 1.32. The number of nitrogens with one attached hydrogen (secondary N) is 1. The van der Waals surface area contributed by atoms with E-state index in [0.29, 0.717) is 0 Å². The second kappa shape index (κ2) is 5.14. The zero-order valence-electron chi connectivity index (χ0n) is 9.82. The van der Waals surface area contributed by atoms with E-state index in [0.717, 1.165) is 7.11 Å². The number of hydrogen-bond donors (Lipinski definition) is 1. The molecule has 3 nitrogen and oxygen atoms in total. The summed E-state index contributed by atoms with van der Waals surface area (Å²) >= 11 is 0. The largest absolute Gasteiger partial charge is 0.464 e. The van der Waals surface area contributed by atoms with Crippen LogP contribution in [0, 0.1) is 5.41 Å². The summed E-state index contributed by atoms with van der Waals surface area (Å²) in [6, 6.07) is 0.483. The molecule has 1 N–H and O–H groups in total. The van der Waals surface area contributed by atoms with Crippen LogP contribution in [0.4, 0.5) is 26.3 Å². The maximum atomic E-state index is 12.5. The van der Waals surface area contributed by atoms with Crippen LogP contribution in [0.5, 0.6) is 0 Å². The van der Waals surface area contributed by atoms with Gasteiger partial charge in [0.1, 0.15) is 5.71 Å². The molecule has 1 rings (SSSR count). The van der Waals surface area contributed by atoms with Gasteiger partial charge in [-0.2, -0.15) is 26.3 Å². The van der Waals surface area contributed by atoms with Crippen LogP contribution in [0.2, 0.25) is 0 Å². The second-order valence-corrected chi connectivity index (χ2v) is 3.66.